The Morgan fingerprint density at radius 3 is 2.07 bits per heavy atom. The minimum atomic E-state index is -3.78. The molecule has 0 aliphatic heterocycles. The van der Waals surface area contributed by atoms with Crippen LogP contribution in [0.4, 0.5) is 4.39 Å². The van der Waals surface area contributed by atoms with Crippen molar-refractivity contribution in [2.24, 2.45) is 0 Å². The van der Waals surface area contributed by atoms with Crippen molar-refractivity contribution >= 4 is 22.0 Å². The van der Waals surface area contributed by atoms with E-state index in [-0.39, 0.29) is 21.5 Å². The summed E-state index contributed by atoms with van der Waals surface area (Å²) in [6, 6.07) is 19.1. The number of benzene rings is 3. The summed E-state index contributed by atoms with van der Waals surface area (Å²) >= 11 is 0. The van der Waals surface area contributed by atoms with Gasteiger partial charge in [-0.15, -0.1) is 10.2 Å². The molecule has 0 spiro atoms. The smallest absolute Gasteiger partial charge is 0.248 e. The fourth-order valence-corrected chi connectivity index (χ4v) is 4.27. The summed E-state index contributed by atoms with van der Waals surface area (Å²) in [6.45, 7) is 0. The highest BCUT2D eigenvalue weighted by atomic mass is 32.2. The molecule has 0 atom stereocenters. The second-order valence-corrected chi connectivity index (χ2v) is 8.12. The molecule has 0 unspecified atom stereocenters. The van der Waals surface area contributed by atoms with Crippen molar-refractivity contribution in [3.8, 4) is 11.5 Å². The highest BCUT2D eigenvalue weighted by molar-refractivity contribution is 7.91. The van der Waals surface area contributed by atoms with Crippen molar-refractivity contribution in [2.45, 2.75) is 9.79 Å². The van der Waals surface area contributed by atoms with E-state index in [4.69, 9.17) is 4.42 Å². The summed E-state index contributed by atoms with van der Waals surface area (Å²) in [5, 5.41) is 7.43. The Hall–Kier alpha value is -3.58. The normalized spacial score (nSPS) is 11.8. The molecule has 1 heterocycles. The van der Waals surface area contributed by atoms with Gasteiger partial charge in [0.25, 0.3) is 0 Å². The van der Waals surface area contributed by atoms with Gasteiger partial charge in [-0.05, 0) is 47.5 Å². The van der Waals surface area contributed by atoms with Gasteiger partial charge in [0.15, 0.2) is 0 Å². The van der Waals surface area contributed by atoms with E-state index in [1.807, 2.05) is 12.2 Å². The zero-order valence-electron chi connectivity index (χ0n) is 15.1. The van der Waals surface area contributed by atoms with Crippen LogP contribution in [0.5, 0.6) is 0 Å². The summed E-state index contributed by atoms with van der Waals surface area (Å²) in [4.78, 5) is 0.252. The van der Waals surface area contributed by atoms with E-state index >= 15 is 0 Å². The number of hydrogen-bond donors (Lipinski definition) is 0. The van der Waals surface area contributed by atoms with Gasteiger partial charge in [0.05, 0.1) is 15.4 Å². The Morgan fingerprint density at radius 2 is 1.45 bits per heavy atom. The molecule has 29 heavy (non-hydrogen) atoms. The van der Waals surface area contributed by atoms with Gasteiger partial charge in [-0.2, -0.15) is 0 Å². The quantitative estimate of drug-likeness (QED) is 0.442. The second kappa shape index (κ2) is 7.81. The molecule has 0 aliphatic rings. The Morgan fingerprint density at radius 1 is 0.828 bits per heavy atom. The van der Waals surface area contributed by atoms with Crippen LogP contribution in [0.15, 0.2) is 93.4 Å². The van der Waals surface area contributed by atoms with Gasteiger partial charge in [-0.25, -0.2) is 12.8 Å². The first-order valence-electron chi connectivity index (χ1n) is 8.68. The van der Waals surface area contributed by atoms with Crippen LogP contribution in [0, 0.1) is 5.82 Å². The lowest BCUT2D eigenvalue weighted by Crippen LogP contribution is -2.04. The average molecular weight is 406 g/mol. The predicted octanol–water partition coefficient (Wildman–Crippen LogP) is 4.88. The van der Waals surface area contributed by atoms with Crippen LogP contribution in [0.2, 0.25) is 0 Å². The van der Waals surface area contributed by atoms with Gasteiger partial charge < -0.3 is 4.42 Å². The van der Waals surface area contributed by atoms with E-state index in [2.05, 4.69) is 10.2 Å². The lowest BCUT2D eigenvalue weighted by molar-refractivity contribution is 0.565. The van der Waals surface area contributed by atoms with Gasteiger partial charge >= 0.3 is 0 Å². The number of aromatic nitrogens is 2. The summed E-state index contributed by atoms with van der Waals surface area (Å²) in [6.07, 6.45) is 4.81. The Bertz CT molecular complexity index is 1250. The van der Waals surface area contributed by atoms with Crippen molar-refractivity contribution in [3.63, 3.8) is 0 Å². The minimum Gasteiger partial charge on any atom is -0.423 e. The van der Waals surface area contributed by atoms with Crippen LogP contribution in [-0.4, -0.2) is 18.6 Å². The molecule has 4 rings (SSSR count). The summed E-state index contributed by atoms with van der Waals surface area (Å²) in [5.74, 6) is -0.152. The minimum absolute atomic E-state index is 0.0962. The van der Waals surface area contributed by atoms with Gasteiger partial charge in [-0.3, -0.25) is 0 Å². The predicted molar refractivity (Wildman–Crippen MR) is 107 cm³/mol. The van der Waals surface area contributed by atoms with E-state index in [1.54, 1.807) is 54.6 Å². The van der Waals surface area contributed by atoms with Gasteiger partial charge in [-0.1, -0.05) is 48.6 Å². The first-order valence-corrected chi connectivity index (χ1v) is 10.2. The van der Waals surface area contributed by atoms with Crippen molar-refractivity contribution in [2.75, 3.05) is 0 Å². The van der Waals surface area contributed by atoms with E-state index in [1.165, 1.54) is 18.2 Å². The SMILES string of the molecule is O=S(=O)(c1ccc(/C=C/c2ccc(F)cc2)cc1)c1ccccc1-c1nnco1. The molecule has 5 nitrogen and oxygen atoms in total. The fourth-order valence-electron chi connectivity index (χ4n) is 2.82. The molecule has 0 fully saturated rings. The largest absolute Gasteiger partial charge is 0.423 e. The summed E-state index contributed by atoms with van der Waals surface area (Å²) in [7, 11) is -3.78. The average Bonchev–Trinajstić information content (AvgIpc) is 3.28. The summed E-state index contributed by atoms with van der Waals surface area (Å²) in [5.41, 5.74) is 2.01. The highest BCUT2D eigenvalue weighted by Crippen LogP contribution is 2.30. The maximum atomic E-state index is 13.1. The van der Waals surface area contributed by atoms with Crippen LogP contribution in [0.1, 0.15) is 11.1 Å². The molecule has 0 aliphatic carbocycles. The molecule has 0 amide bonds. The molecule has 0 bridgehead atoms. The third-order valence-electron chi connectivity index (χ3n) is 4.30. The van der Waals surface area contributed by atoms with E-state index < -0.39 is 9.84 Å². The Balaban J connectivity index is 1.63. The van der Waals surface area contributed by atoms with Gasteiger partial charge in [0, 0.05) is 0 Å². The number of sulfone groups is 1. The lowest BCUT2D eigenvalue weighted by Gasteiger charge is -2.08. The number of nitrogens with zero attached hydrogens (tertiary/aromatic N) is 2. The van der Waals surface area contributed by atoms with Crippen LogP contribution in [0.3, 0.4) is 0 Å². The first-order chi connectivity index (χ1) is 14.0. The van der Waals surface area contributed by atoms with Crippen molar-refractivity contribution < 1.29 is 17.2 Å². The molecule has 0 saturated heterocycles. The third kappa shape index (κ3) is 4.00. The Labute approximate surface area is 167 Å². The third-order valence-corrected chi connectivity index (χ3v) is 6.12. The fraction of sp³-hybridized carbons (Fsp3) is 0. The standard InChI is InChI=1S/C22H15FN2O3S/c23-18-11-7-16(8-12-18)5-6-17-9-13-19(14-10-17)29(26,27)21-4-2-1-3-20(21)22-25-24-15-28-22/h1-15H/b6-5+. The van der Waals surface area contributed by atoms with E-state index in [0.29, 0.717) is 5.56 Å². The second-order valence-electron chi connectivity index (χ2n) is 6.20. The van der Waals surface area contributed by atoms with Crippen LogP contribution in [-0.2, 0) is 9.84 Å². The van der Waals surface area contributed by atoms with Crippen LogP contribution in [0.25, 0.3) is 23.6 Å². The number of hydrogen-bond acceptors (Lipinski definition) is 5. The van der Waals surface area contributed by atoms with Gasteiger partial charge in [0.2, 0.25) is 22.1 Å². The highest BCUT2D eigenvalue weighted by Gasteiger charge is 2.23. The molecular weight excluding hydrogens is 391 g/mol. The number of rotatable bonds is 5. The molecule has 1 aromatic heterocycles. The molecule has 7 heteroatoms. The molecule has 0 radical (unpaired) electrons. The van der Waals surface area contributed by atoms with Crippen molar-refractivity contribution in [1.82, 2.24) is 10.2 Å². The number of halogens is 1. The van der Waals surface area contributed by atoms with E-state index in [9.17, 15) is 12.8 Å². The monoisotopic (exact) mass is 406 g/mol. The Kier molecular flexibility index (Phi) is 5.05. The van der Waals surface area contributed by atoms with Crippen LogP contribution >= 0.6 is 0 Å². The molecule has 144 valence electrons. The molecule has 4 aromatic rings. The molecular formula is C22H15FN2O3S. The first kappa shape index (κ1) is 18.8. The van der Waals surface area contributed by atoms with Crippen molar-refractivity contribution in [1.29, 1.82) is 0 Å². The zero-order valence-corrected chi connectivity index (χ0v) is 15.9. The van der Waals surface area contributed by atoms with E-state index in [0.717, 1.165) is 17.5 Å². The lowest BCUT2D eigenvalue weighted by atomic mass is 10.1. The molecule has 0 saturated carbocycles. The van der Waals surface area contributed by atoms with Crippen molar-refractivity contribution in [3.05, 3.63) is 96.1 Å². The molecule has 3 aromatic carbocycles. The topological polar surface area (TPSA) is 73.1 Å². The summed E-state index contributed by atoms with van der Waals surface area (Å²) < 4.78 is 44.4. The maximum absolute atomic E-state index is 13.1. The molecule has 0 N–H and O–H groups in total. The van der Waals surface area contributed by atoms with Gasteiger partial charge in [0.1, 0.15) is 5.82 Å². The maximum Gasteiger partial charge on any atom is 0.248 e. The zero-order chi connectivity index (χ0) is 20.3. The van der Waals surface area contributed by atoms with Crippen LogP contribution < -0.4 is 0 Å².